The highest BCUT2D eigenvalue weighted by molar-refractivity contribution is 6.25. The standard InChI is InChI=1S/C82H46N8O3/c1-5-19-48(20-6-1)71-61-29-13-16-30-64(61)83-82(86-71)90-66-32-18-15-28-56(66)60-42-44-62-69-72(49-21-7-2-8-22-49)84-79(88-80(69)93-77(62)75(60)90)51-35-33-47(34-36-51)52-37-39-57-58-40-38-53(46-68(58)91-67(57)45-52)73-70-63-43-41-59-55-27-14-17-31-65(55)89(54-25-11-4-12-26-54)74(59)76(63)92-81(70)87-78(85-73)50-23-9-3-10-24-50/h1-46H. The molecule has 8 aromatic heterocycles. The predicted molar refractivity (Wildman–Crippen MR) is 374 cm³/mol. The van der Waals surface area contributed by atoms with Gasteiger partial charge in [0.1, 0.15) is 16.7 Å². The molecule has 0 atom stereocenters. The Bertz CT molecular complexity index is 6470. The van der Waals surface area contributed by atoms with Crippen molar-refractivity contribution in [1.82, 2.24) is 39.0 Å². The zero-order chi connectivity index (χ0) is 60.8. The number of rotatable bonds is 8. The first-order chi connectivity index (χ1) is 46.1. The van der Waals surface area contributed by atoms with Gasteiger partial charge in [-0.05, 0) is 77.9 Å². The van der Waals surface area contributed by atoms with E-state index in [0.29, 0.717) is 34.6 Å². The van der Waals surface area contributed by atoms with Crippen LogP contribution in [0.2, 0.25) is 0 Å². The molecule has 0 amide bonds. The van der Waals surface area contributed by atoms with Crippen molar-refractivity contribution in [1.29, 1.82) is 0 Å². The van der Waals surface area contributed by atoms with Gasteiger partial charge in [0.05, 0.1) is 49.9 Å². The molecule has 12 aromatic carbocycles. The van der Waals surface area contributed by atoms with Gasteiger partial charge in [0.15, 0.2) is 22.8 Å². The van der Waals surface area contributed by atoms with E-state index < -0.39 is 0 Å². The Morgan fingerprint density at radius 3 is 1.30 bits per heavy atom. The number of para-hydroxylation sites is 4. The fraction of sp³-hybridized carbons (Fsp3) is 0. The van der Waals surface area contributed by atoms with Gasteiger partial charge in [-0.15, -0.1) is 0 Å². The molecule has 0 radical (unpaired) electrons. The molecule has 0 N–H and O–H groups in total. The van der Waals surface area contributed by atoms with Crippen LogP contribution in [0.15, 0.2) is 292 Å². The monoisotopic (exact) mass is 1190 g/mol. The molecule has 20 rings (SSSR count). The third-order valence-electron chi connectivity index (χ3n) is 18.4. The van der Waals surface area contributed by atoms with Crippen molar-refractivity contribution in [3.8, 4) is 79.3 Å². The summed E-state index contributed by atoms with van der Waals surface area (Å²) in [5.41, 5.74) is 18.7. The molecule has 0 spiro atoms. The van der Waals surface area contributed by atoms with E-state index in [4.69, 9.17) is 43.2 Å². The SMILES string of the molecule is c1ccc(-c2nc(-c3ccc4c(c3)oc3cc(-c5ccc(-c6nc(-c7ccccc7)c7c(n6)oc6c7ccc7c8ccccc8n(-c8nc(-c9ccccc9)c9ccccc9n8)c76)cc5)ccc34)c3c(n2)oc2c3ccc3c4ccccc4n(-c4ccccc4)c32)cc1. The van der Waals surface area contributed by atoms with Crippen LogP contribution in [0.1, 0.15) is 0 Å². The van der Waals surface area contributed by atoms with Crippen molar-refractivity contribution in [3.63, 3.8) is 0 Å². The molecule has 93 heavy (non-hydrogen) atoms. The Morgan fingerprint density at radius 2 is 0.688 bits per heavy atom. The molecular weight excluding hydrogens is 1140 g/mol. The summed E-state index contributed by atoms with van der Waals surface area (Å²) in [7, 11) is 0. The molecule has 0 aliphatic heterocycles. The predicted octanol–water partition coefficient (Wildman–Crippen LogP) is 21.1. The third kappa shape index (κ3) is 7.77. The zero-order valence-electron chi connectivity index (χ0n) is 49.4. The minimum absolute atomic E-state index is 0.480. The van der Waals surface area contributed by atoms with E-state index in [1.165, 1.54) is 0 Å². The van der Waals surface area contributed by atoms with Crippen LogP contribution in [0.5, 0.6) is 0 Å². The summed E-state index contributed by atoms with van der Waals surface area (Å²) in [5, 5.41) is 10.8. The Hall–Kier alpha value is -12.9. The van der Waals surface area contributed by atoms with Gasteiger partial charge in [-0.1, -0.05) is 212 Å². The second-order valence-electron chi connectivity index (χ2n) is 23.7. The van der Waals surface area contributed by atoms with Crippen molar-refractivity contribution in [3.05, 3.63) is 279 Å². The van der Waals surface area contributed by atoms with Gasteiger partial charge in [-0.25, -0.2) is 19.9 Å². The summed E-state index contributed by atoms with van der Waals surface area (Å²) < 4.78 is 25.4. The van der Waals surface area contributed by atoms with E-state index in [2.05, 4.69) is 197 Å². The largest absolute Gasteiger partial charge is 0.456 e. The molecule has 0 unspecified atom stereocenters. The zero-order valence-corrected chi connectivity index (χ0v) is 49.4. The molecule has 11 heteroatoms. The van der Waals surface area contributed by atoms with Crippen LogP contribution in [0.4, 0.5) is 0 Å². The highest BCUT2D eigenvalue weighted by Gasteiger charge is 2.27. The molecular formula is C82H46N8O3. The second kappa shape index (κ2) is 19.8. The Morgan fingerprint density at radius 1 is 0.258 bits per heavy atom. The molecule has 0 aliphatic rings. The smallest absolute Gasteiger partial charge is 0.235 e. The summed E-state index contributed by atoms with van der Waals surface area (Å²) >= 11 is 0. The van der Waals surface area contributed by atoms with Gasteiger partial charge in [0.2, 0.25) is 17.4 Å². The average molecular weight is 1190 g/mol. The van der Waals surface area contributed by atoms with E-state index >= 15 is 0 Å². The van der Waals surface area contributed by atoms with Crippen molar-refractivity contribution < 1.29 is 13.3 Å². The number of benzene rings is 12. The average Bonchev–Trinajstić information content (AvgIpc) is 1.58. The first kappa shape index (κ1) is 51.1. The molecule has 8 heterocycles. The Labute approximate surface area is 528 Å². The van der Waals surface area contributed by atoms with E-state index in [1.807, 2.05) is 91.0 Å². The topological polar surface area (TPSA) is 127 Å². The van der Waals surface area contributed by atoms with E-state index in [1.54, 1.807) is 0 Å². The molecule has 0 saturated heterocycles. The highest BCUT2D eigenvalue weighted by Crippen LogP contribution is 2.46. The summed E-state index contributed by atoms with van der Waals surface area (Å²) in [6.07, 6.45) is 0. The Kier molecular flexibility index (Phi) is 10.9. The van der Waals surface area contributed by atoms with Crippen LogP contribution in [-0.4, -0.2) is 39.0 Å². The number of fused-ring (bicyclic) bond motifs is 18. The minimum Gasteiger partial charge on any atom is -0.456 e. The first-order valence-electron chi connectivity index (χ1n) is 31.0. The summed E-state index contributed by atoms with van der Waals surface area (Å²) in [6.45, 7) is 0. The number of hydrogen-bond acceptors (Lipinski definition) is 9. The maximum atomic E-state index is 7.12. The van der Waals surface area contributed by atoms with Gasteiger partial charge in [0, 0.05) is 82.0 Å². The lowest BCUT2D eigenvalue weighted by atomic mass is 10.0. The van der Waals surface area contributed by atoms with Crippen LogP contribution in [0, 0.1) is 0 Å². The van der Waals surface area contributed by atoms with Gasteiger partial charge >= 0.3 is 0 Å². The minimum atomic E-state index is 0.480. The number of furan rings is 3. The molecule has 20 aromatic rings. The van der Waals surface area contributed by atoms with Crippen molar-refractivity contribution >= 4 is 121 Å². The lowest BCUT2D eigenvalue weighted by Crippen LogP contribution is -2.03. The van der Waals surface area contributed by atoms with Crippen LogP contribution in [0.25, 0.3) is 200 Å². The molecule has 11 nitrogen and oxygen atoms in total. The molecule has 0 bridgehead atoms. The summed E-state index contributed by atoms with van der Waals surface area (Å²) in [4.78, 5) is 31.8. The van der Waals surface area contributed by atoms with E-state index in [-0.39, 0.29) is 0 Å². The lowest BCUT2D eigenvalue weighted by molar-refractivity contribution is 0.655. The normalized spacial score (nSPS) is 12.1. The van der Waals surface area contributed by atoms with E-state index in [0.717, 1.165) is 165 Å². The second-order valence-corrected chi connectivity index (χ2v) is 23.7. The van der Waals surface area contributed by atoms with Crippen LogP contribution in [0.3, 0.4) is 0 Å². The molecule has 0 fully saturated rings. The maximum Gasteiger partial charge on any atom is 0.235 e. The number of hydrogen-bond donors (Lipinski definition) is 0. The molecule has 0 aliphatic carbocycles. The van der Waals surface area contributed by atoms with Gasteiger partial charge < -0.3 is 17.8 Å². The van der Waals surface area contributed by atoms with Crippen molar-refractivity contribution in [2.24, 2.45) is 0 Å². The summed E-state index contributed by atoms with van der Waals surface area (Å²) in [5.74, 6) is 1.66. The number of nitrogens with zero attached hydrogens (tertiary/aromatic N) is 8. The number of aromatic nitrogens is 8. The van der Waals surface area contributed by atoms with Gasteiger partial charge in [-0.2, -0.15) is 9.97 Å². The maximum absolute atomic E-state index is 7.12. The van der Waals surface area contributed by atoms with Crippen LogP contribution in [-0.2, 0) is 0 Å². The van der Waals surface area contributed by atoms with Crippen LogP contribution < -0.4 is 0 Å². The van der Waals surface area contributed by atoms with Gasteiger partial charge in [0.25, 0.3) is 0 Å². The fourth-order valence-electron chi connectivity index (χ4n) is 14.2. The van der Waals surface area contributed by atoms with Crippen LogP contribution >= 0.6 is 0 Å². The highest BCUT2D eigenvalue weighted by atomic mass is 16.3. The fourth-order valence-corrected chi connectivity index (χ4v) is 14.2. The summed E-state index contributed by atoms with van der Waals surface area (Å²) in [6, 6.07) is 96.1. The lowest BCUT2D eigenvalue weighted by Gasteiger charge is -2.11. The molecule has 432 valence electrons. The van der Waals surface area contributed by atoms with Gasteiger partial charge in [-0.3, -0.25) is 4.57 Å². The third-order valence-corrected chi connectivity index (χ3v) is 18.4. The van der Waals surface area contributed by atoms with E-state index in [9.17, 15) is 0 Å². The quantitative estimate of drug-likeness (QED) is 0.146. The molecule has 0 saturated carbocycles. The first-order valence-corrected chi connectivity index (χ1v) is 31.0. The Balaban J connectivity index is 0.696. The van der Waals surface area contributed by atoms with Crippen molar-refractivity contribution in [2.75, 3.05) is 0 Å². The van der Waals surface area contributed by atoms with Crippen molar-refractivity contribution in [2.45, 2.75) is 0 Å².